The Labute approximate surface area is 83.2 Å². The molecular formula is C5H3F6N3O2. The van der Waals surface area contributed by atoms with Crippen LogP contribution in [0.15, 0.2) is 0 Å². The number of carbonyl (C=O) groups excluding carboxylic acids is 2. The second kappa shape index (κ2) is 3.15. The first-order chi connectivity index (χ1) is 6.99. The van der Waals surface area contributed by atoms with Gasteiger partial charge in [-0.1, -0.05) is 0 Å². The SMILES string of the molecule is O=C1NC(=O)NC(C(F)(F)F)(C(F)(F)F)N1. The van der Waals surface area contributed by atoms with Crippen LogP contribution >= 0.6 is 0 Å². The van der Waals surface area contributed by atoms with Crippen molar-refractivity contribution in [2.45, 2.75) is 18.0 Å². The molecule has 0 radical (unpaired) electrons. The molecule has 0 unspecified atom stereocenters. The number of imide groups is 1. The third-order valence-corrected chi connectivity index (χ3v) is 1.68. The molecule has 0 bridgehead atoms. The fourth-order valence-electron chi connectivity index (χ4n) is 0.982. The van der Waals surface area contributed by atoms with Crippen molar-refractivity contribution in [1.82, 2.24) is 16.0 Å². The van der Waals surface area contributed by atoms with Gasteiger partial charge in [-0.3, -0.25) is 16.0 Å². The van der Waals surface area contributed by atoms with Crippen molar-refractivity contribution in [2.24, 2.45) is 0 Å². The average molecular weight is 251 g/mol. The molecule has 1 rings (SSSR count). The molecule has 11 heteroatoms. The molecule has 4 amide bonds. The van der Waals surface area contributed by atoms with E-state index in [0.717, 1.165) is 0 Å². The van der Waals surface area contributed by atoms with Gasteiger partial charge >= 0.3 is 30.1 Å². The number of halogens is 6. The predicted octanol–water partition coefficient (Wildman–Crippen LogP) is 0.830. The zero-order valence-corrected chi connectivity index (χ0v) is 7.08. The maximum Gasteiger partial charge on any atom is 0.439 e. The smallest absolute Gasteiger partial charge is 0.299 e. The van der Waals surface area contributed by atoms with Gasteiger partial charge < -0.3 is 0 Å². The number of hydrogen-bond acceptors (Lipinski definition) is 2. The summed E-state index contributed by atoms with van der Waals surface area (Å²) in [4.78, 5) is 21.0. The van der Waals surface area contributed by atoms with Gasteiger partial charge in [-0.05, 0) is 0 Å². The molecule has 0 aromatic heterocycles. The van der Waals surface area contributed by atoms with Gasteiger partial charge in [-0.15, -0.1) is 0 Å². The van der Waals surface area contributed by atoms with Gasteiger partial charge in [-0.2, -0.15) is 26.3 Å². The summed E-state index contributed by atoms with van der Waals surface area (Å²) in [5.41, 5.74) is -4.76. The van der Waals surface area contributed by atoms with E-state index in [2.05, 4.69) is 0 Å². The van der Waals surface area contributed by atoms with E-state index in [1.54, 1.807) is 0 Å². The molecule has 0 aromatic rings. The summed E-state index contributed by atoms with van der Waals surface area (Å²) in [5.74, 6) is 0. The Morgan fingerprint density at radius 2 is 1.12 bits per heavy atom. The number of hydrogen-bond donors (Lipinski definition) is 3. The molecule has 1 aliphatic heterocycles. The summed E-state index contributed by atoms with van der Waals surface area (Å²) < 4.78 is 73.6. The Morgan fingerprint density at radius 3 is 1.38 bits per heavy atom. The molecule has 0 aliphatic carbocycles. The van der Waals surface area contributed by atoms with Crippen LogP contribution in [0, 0.1) is 0 Å². The van der Waals surface area contributed by atoms with Crippen LogP contribution in [0.5, 0.6) is 0 Å². The van der Waals surface area contributed by atoms with Crippen molar-refractivity contribution in [3.63, 3.8) is 0 Å². The molecule has 1 fully saturated rings. The minimum atomic E-state index is -5.92. The van der Waals surface area contributed by atoms with Gasteiger partial charge in [0.2, 0.25) is 0 Å². The Bertz CT molecular complexity index is 302. The minimum Gasteiger partial charge on any atom is -0.299 e. The third-order valence-electron chi connectivity index (χ3n) is 1.68. The Hall–Kier alpha value is -1.68. The Balaban J connectivity index is 3.25. The molecular weight excluding hydrogens is 248 g/mol. The van der Waals surface area contributed by atoms with E-state index in [-0.39, 0.29) is 0 Å². The summed E-state index contributed by atoms with van der Waals surface area (Å²) >= 11 is 0. The highest BCUT2D eigenvalue weighted by Gasteiger charge is 2.74. The second-order valence-corrected chi connectivity index (χ2v) is 2.78. The first-order valence-corrected chi connectivity index (χ1v) is 3.54. The number of urea groups is 2. The van der Waals surface area contributed by atoms with E-state index in [4.69, 9.17) is 0 Å². The van der Waals surface area contributed by atoms with E-state index in [0.29, 0.717) is 10.6 Å². The third kappa shape index (κ3) is 1.72. The fraction of sp³-hybridized carbons (Fsp3) is 0.600. The van der Waals surface area contributed by atoms with E-state index in [1.165, 1.54) is 5.32 Å². The van der Waals surface area contributed by atoms with Gasteiger partial charge in [0.1, 0.15) is 0 Å². The summed E-state index contributed by atoms with van der Waals surface area (Å²) in [5, 5.41) is 2.39. The molecule has 0 atom stereocenters. The van der Waals surface area contributed by atoms with Crippen molar-refractivity contribution < 1.29 is 35.9 Å². The molecule has 1 heterocycles. The van der Waals surface area contributed by atoms with Crippen molar-refractivity contribution in [1.29, 1.82) is 0 Å². The molecule has 3 N–H and O–H groups in total. The van der Waals surface area contributed by atoms with Gasteiger partial charge in [0.15, 0.2) is 0 Å². The van der Waals surface area contributed by atoms with E-state index in [1.807, 2.05) is 0 Å². The molecule has 0 saturated carbocycles. The van der Waals surface area contributed by atoms with Crippen molar-refractivity contribution in [2.75, 3.05) is 0 Å². The van der Waals surface area contributed by atoms with E-state index < -0.39 is 30.1 Å². The Morgan fingerprint density at radius 1 is 0.812 bits per heavy atom. The largest absolute Gasteiger partial charge is 0.439 e. The highest BCUT2D eigenvalue weighted by Crippen LogP contribution is 2.41. The minimum absolute atomic E-state index is 0.608. The van der Waals surface area contributed by atoms with Gasteiger partial charge in [-0.25, -0.2) is 9.59 Å². The van der Waals surface area contributed by atoms with Crippen LogP contribution in [0.2, 0.25) is 0 Å². The van der Waals surface area contributed by atoms with Gasteiger partial charge in [0, 0.05) is 0 Å². The van der Waals surface area contributed by atoms with Crippen LogP contribution in [0.4, 0.5) is 35.9 Å². The number of amides is 4. The number of rotatable bonds is 0. The summed E-state index contributed by atoms with van der Waals surface area (Å²) in [6.45, 7) is 0. The van der Waals surface area contributed by atoms with Crippen LogP contribution in [0.1, 0.15) is 0 Å². The predicted molar refractivity (Wildman–Crippen MR) is 35.0 cm³/mol. The number of nitrogens with one attached hydrogen (secondary N) is 3. The van der Waals surface area contributed by atoms with Gasteiger partial charge in [0.05, 0.1) is 0 Å². The summed E-state index contributed by atoms with van der Waals surface area (Å²) in [6.07, 6.45) is -11.8. The van der Waals surface area contributed by atoms with Crippen LogP contribution in [0.3, 0.4) is 0 Å². The van der Waals surface area contributed by atoms with Crippen LogP contribution in [0.25, 0.3) is 0 Å². The summed E-state index contributed by atoms with van der Waals surface area (Å²) in [7, 11) is 0. The molecule has 92 valence electrons. The molecule has 1 aliphatic rings. The lowest BCUT2D eigenvalue weighted by atomic mass is 10.1. The fourth-order valence-corrected chi connectivity index (χ4v) is 0.982. The molecule has 16 heavy (non-hydrogen) atoms. The zero-order valence-electron chi connectivity index (χ0n) is 7.08. The topological polar surface area (TPSA) is 70.2 Å². The second-order valence-electron chi connectivity index (χ2n) is 2.78. The first kappa shape index (κ1) is 12.4. The van der Waals surface area contributed by atoms with Crippen molar-refractivity contribution in [3.8, 4) is 0 Å². The van der Waals surface area contributed by atoms with Crippen molar-refractivity contribution in [3.05, 3.63) is 0 Å². The maximum absolute atomic E-state index is 12.3. The highest BCUT2D eigenvalue weighted by molar-refractivity contribution is 5.96. The maximum atomic E-state index is 12.3. The monoisotopic (exact) mass is 251 g/mol. The lowest BCUT2D eigenvalue weighted by Gasteiger charge is -2.40. The van der Waals surface area contributed by atoms with Crippen LogP contribution in [-0.4, -0.2) is 30.1 Å². The lowest BCUT2D eigenvalue weighted by molar-refractivity contribution is -0.311. The van der Waals surface area contributed by atoms with Crippen LogP contribution < -0.4 is 16.0 Å². The molecule has 1 saturated heterocycles. The lowest BCUT2D eigenvalue weighted by Crippen LogP contribution is -2.81. The molecule has 0 aromatic carbocycles. The van der Waals surface area contributed by atoms with Crippen LogP contribution in [-0.2, 0) is 0 Å². The quantitative estimate of drug-likeness (QED) is 0.558. The molecule has 0 spiro atoms. The highest BCUT2D eigenvalue weighted by atomic mass is 19.4. The summed E-state index contributed by atoms with van der Waals surface area (Å²) in [6, 6.07) is -3.78. The number of alkyl halides is 6. The first-order valence-electron chi connectivity index (χ1n) is 3.54. The number of carbonyl (C=O) groups is 2. The molecule has 5 nitrogen and oxygen atoms in total. The van der Waals surface area contributed by atoms with E-state index >= 15 is 0 Å². The zero-order chi connectivity index (χ0) is 12.8. The van der Waals surface area contributed by atoms with Crippen molar-refractivity contribution >= 4 is 12.1 Å². The Kier molecular flexibility index (Phi) is 2.44. The van der Waals surface area contributed by atoms with Gasteiger partial charge in [0.25, 0.3) is 0 Å². The average Bonchev–Trinajstić information content (AvgIpc) is 1.97. The van der Waals surface area contributed by atoms with E-state index in [9.17, 15) is 35.9 Å². The standard InChI is InChI=1S/C5H3F6N3O2/c6-4(7,8)3(5(9,10)11)13-1(15)12-2(16)14-3/h(H3,12,13,14,15,16). The normalized spacial score (nSPS) is 20.9.